The Balaban J connectivity index is 3.06. The van der Waals surface area contributed by atoms with Crippen LogP contribution >= 0.6 is 0 Å². The molecule has 0 spiro atoms. The van der Waals surface area contributed by atoms with Gasteiger partial charge in [-0.3, -0.25) is 0 Å². The van der Waals surface area contributed by atoms with E-state index in [4.69, 9.17) is 0 Å². The standard InChI is InChI=1S/C20H31N/c1-5-9-11-16-19(21-17-6-2)20(7-3,8-4)18-14-12-10-13-15-18/h10,12-15,19,21H,6-8,11,16-17H2,1-4H3. The number of nitrogens with one attached hydrogen (secondary N) is 1. The average molecular weight is 285 g/mol. The van der Waals surface area contributed by atoms with Gasteiger partial charge in [0.25, 0.3) is 0 Å². The summed E-state index contributed by atoms with van der Waals surface area (Å²) in [6.07, 6.45) is 5.60. The molecule has 0 amide bonds. The Morgan fingerprint density at radius 1 is 1.10 bits per heavy atom. The molecule has 1 unspecified atom stereocenters. The zero-order chi connectivity index (χ0) is 15.6. The van der Waals surface area contributed by atoms with Crippen molar-refractivity contribution in [3.05, 3.63) is 35.9 Å². The monoisotopic (exact) mass is 285 g/mol. The average Bonchev–Trinajstić information content (AvgIpc) is 2.54. The third kappa shape index (κ3) is 4.61. The predicted molar refractivity (Wildman–Crippen MR) is 93.5 cm³/mol. The maximum absolute atomic E-state index is 3.80. The molecule has 116 valence electrons. The zero-order valence-corrected chi connectivity index (χ0v) is 14.2. The van der Waals surface area contributed by atoms with E-state index in [2.05, 4.69) is 68.3 Å². The minimum absolute atomic E-state index is 0.214. The van der Waals surface area contributed by atoms with Gasteiger partial charge in [0.05, 0.1) is 0 Å². The molecular formula is C20H31N. The first-order valence-corrected chi connectivity index (χ1v) is 8.43. The normalized spacial score (nSPS) is 12.6. The molecule has 0 radical (unpaired) electrons. The van der Waals surface area contributed by atoms with E-state index in [-0.39, 0.29) is 5.41 Å². The summed E-state index contributed by atoms with van der Waals surface area (Å²) in [5.41, 5.74) is 1.68. The molecule has 1 atom stereocenters. The molecule has 0 saturated carbocycles. The molecule has 1 nitrogen and oxygen atoms in total. The largest absolute Gasteiger partial charge is 0.313 e. The van der Waals surface area contributed by atoms with Crippen molar-refractivity contribution in [1.82, 2.24) is 5.32 Å². The Kier molecular flexibility index (Phi) is 8.16. The highest BCUT2D eigenvalue weighted by atomic mass is 14.9. The van der Waals surface area contributed by atoms with Gasteiger partial charge in [-0.05, 0) is 44.7 Å². The molecule has 0 aliphatic carbocycles. The van der Waals surface area contributed by atoms with Crippen molar-refractivity contribution in [1.29, 1.82) is 0 Å². The molecule has 1 aromatic carbocycles. The van der Waals surface area contributed by atoms with Crippen LogP contribution in [0.15, 0.2) is 30.3 Å². The van der Waals surface area contributed by atoms with E-state index in [0.29, 0.717) is 6.04 Å². The van der Waals surface area contributed by atoms with Crippen molar-refractivity contribution in [3.8, 4) is 11.8 Å². The van der Waals surface area contributed by atoms with Gasteiger partial charge in [-0.25, -0.2) is 0 Å². The third-order valence-corrected chi connectivity index (χ3v) is 4.65. The Morgan fingerprint density at radius 3 is 2.29 bits per heavy atom. The summed E-state index contributed by atoms with van der Waals surface area (Å²) in [4.78, 5) is 0. The molecule has 0 aliphatic heterocycles. The van der Waals surface area contributed by atoms with Gasteiger partial charge in [-0.2, -0.15) is 0 Å². The van der Waals surface area contributed by atoms with E-state index in [1.807, 2.05) is 6.92 Å². The molecule has 0 aromatic heterocycles. The van der Waals surface area contributed by atoms with Gasteiger partial charge in [-0.15, -0.1) is 11.8 Å². The van der Waals surface area contributed by atoms with E-state index in [1.54, 1.807) is 0 Å². The summed E-state index contributed by atoms with van der Waals surface area (Å²) < 4.78 is 0. The van der Waals surface area contributed by atoms with Crippen LogP contribution in [0.2, 0.25) is 0 Å². The van der Waals surface area contributed by atoms with E-state index in [9.17, 15) is 0 Å². The fourth-order valence-electron chi connectivity index (χ4n) is 3.36. The number of hydrogen-bond acceptors (Lipinski definition) is 1. The first-order chi connectivity index (χ1) is 10.2. The molecule has 1 heteroatoms. The van der Waals surface area contributed by atoms with Gasteiger partial charge < -0.3 is 5.32 Å². The molecule has 0 saturated heterocycles. The van der Waals surface area contributed by atoms with E-state index in [1.165, 1.54) is 12.0 Å². The van der Waals surface area contributed by atoms with Crippen LogP contribution in [0.4, 0.5) is 0 Å². The van der Waals surface area contributed by atoms with Gasteiger partial charge in [0.2, 0.25) is 0 Å². The van der Waals surface area contributed by atoms with Gasteiger partial charge in [0.1, 0.15) is 0 Å². The van der Waals surface area contributed by atoms with Crippen LogP contribution < -0.4 is 5.32 Å². The van der Waals surface area contributed by atoms with Crippen molar-refractivity contribution in [3.63, 3.8) is 0 Å². The zero-order valence-electron chi connectivity index (χ0n) is 14.2. The molecule has 1 N–H and O–H groups in total. The molecular weight excluding hydrogens is 254 g/mol. The molecule has 21 heavy (non-hydrogen) atoms. The second kappa shape index (κ2) is 9.64. The van der Waals surface area contributed by atoms with Crippen LogP contribution in [0.3, 0.4) is 0 Å². The number of benzene rings is 1. The minimum Gasteiger partial charge on any atom is -0.313 e. The second-order valence-corrected chi connectivity index (χ2v) is 5.70. The Hall–Kier alpha value is -1.26. The second-order valence-electron chi connectivity index (χ2n) is 5.70. The number of hydrogen-bond donors (Lipinski definition) is 1. The SMILES string of the molecule is CC#CCCC(NCCC)C(CC)(CC)c1ccccc1. The highest BCUT2D eigenvalue weighted by Gasteiger charge is 2.36. The fraction of sp³-hybridized carbons (Fsp3) is 0.600. The highest BCUT2D eigenvalue weighted by molar-refractivity contribution is 5.28. The van der Waals surface area contributed by atoms with Crippen molar-refractivity contribution in [2.45, 2.75) is 71.3 Å². The smallest absolute Gasteiger partial charge is 0.0173 e. The third-order valence-electron chi connectivity index (χ3n) is 4.65. The summed E-state index contributed by atoms with van der Waals surface area (Å²) >= 11 is 0. The Bertz CT molecular complexity index is 434. The summed E-state index contributed by atoms with van der Waals surface area (Å²) in [6.45, 7) is 9.89. The van der Waals surface area contributed by atoms with Gasteiger partial charge in [-0.1, -0.05) is 51.1 Å². The Labute approximate surface area is 131 Å². The lowest BCUT2D eigenvalue weighted by Crippen LogP contribution is -2.48. The lowest BCUT2D eigenvalue weighted by molar-refractivity contribution is 0.260. The van der Waals surface area contributed by atoms with Crippen LogP contribution in [0.1, 0.15) is 65.4 Å². The van der Waals surface area contributed by atoms with Crippen molar-refractivity contribution < 1.29 is 0 Å². The first kappa shape index (κ1) is 17.8. The lowest BCUT2D eigenvalue weighted by atomic mass is 9.68. The van der Waals surface area contributed by atoms with Crippen LogP contribution in [-0.4, -0.2) is 12.6 Å². The van der Waals surface area contributed by atoms with Gasteiger partial charge in [0.15, 0.2) is 0 Å². The van der Waals surface area contributed by atoms with Crippen molar-refractivity contribution in [2.75, 3.05) is 6.54 Å². The molecule has 1 rings (SSSR count). The Morgan fingerprint density at radius 2 is 1.76 bits per heavy atom. The minimum atomic E-state index is 0.214. The maximum Gasteiger partial charge on any atom is 0.0173 e. The number of rotatable bonds is 9. The van der Waals surface area contributed by atoms with Crippen molar-refractivity contribution >= 4 is 0 Å². The molecule has 0 aliphatic rings. The van der Waals surface area contributed by atoms with E-state index < -0.39 is 0 Å². The van der Waals surface area contributed by atoms with Gasteiger partial charge >= 0.3 is 0 Å². The summed E-state index contributed by atoms with van der Waals surface area (Å²) in [5, 5.41) is 3.80. The van der Waals surface area contributed by atoms with Gasteiger partial charge in [0, 0.05) is 17.9 Å². The van der Waals surface area contributed by atoms with Crippen LogP contribution in [0.25, 0.3) is 0 Å². The molecule has 1 aromatic rings. The quantitative estimate of drug-likeness (QED) is 0.635. The fourth-order valence-corrected chi connectivity index (χ4v) is 3.36. The van der Waals surface area contributed by atoms with Crippen molar-refractivity contribution in [2.24, 2.45) is 0 Å². The molecule has 0 heterocycles. The van der Waals surface area contributed by atoms with E-state index in [0.717, 1.165) is 32.2 Å². The van der Waals surface area contributed by atoms with Crippen LogP contribution in [0, 0.1) is 11.8 Å². The van der Waals surface area contributed by atoms with Crippen LogP contribution in [-0.2, 0) is 5.41 Å². The summed E-state index contributed by atoms with van der Waals surface area (Å²) in [5.74, 6) is 6.27. The molecule has 0 bridgehead atoms. The predicted octanol–water partition coefficient (Wildman–Crippen LogP) is 4.92. The first-order valence-electron chi connectivity index (χ1n) is 8.43. The highest BCUT2D eigenvalue weighted by Crippen LogP contribution is 2.37. The van der Waals surface area contributed by atoms with E-state index >= 15 is 0 Å². The summed E-state index contributed by atoms with van der Waals surface area (Å²) in [6, 6.07) is 11.5. The van der Waals surface area contributed by atoms with Crippen LogP contribution in [0.5, 0.6) is 0 Å². The lowest BCUT2D eigenvalue weighted by Gasteiger charge is -2.41. The summed E-state index contributed by atoms with van der Waals surface area (Å²) in [7, 11) is 0. The topological polar surface area (TPSA) is 12.0 Å². The molecule has 0 fully saturated rings. The maximum atomic E-state index is 3.80.